The first kappa shape index (κ1) is 17.4. The lowest BCUT2D eigenvalue weighted by Crippen LogP contribution is -2.19. The van der Waals surface area contributed by atoms with Crippen molar-refractivity contribution in [2.45, 2.75) is 0 Å². The summed E-state index contributed by atoms with van der Waals surface area (Å²) in [5.41, 5.74) is 0.198. The molecule has 1 radical (unpaired) electrons. The summed E-state index contributed by atoms with van der Waals surface area (Å²) in [6.07, 6.45) is 9.11. The second-order valence-corrected chi connectivity index (χ2v) is 4.59. The predicted octanol–water partition coefficient (Wildman–Crippen LogP) is 0.974. The van der Waals surface area contributed by atoms with Crippen LogP contribution in [0.25, 0.3) is 0 Å². The van der Waals surface area contributed by atoms with Crippen LogP contribution in [0.5, 0.6) is 0 Å². The van der Waals surface area contributed by atoms with Crippen molar-refractivity contribution >= 4 is 17.7 Å². The van der Waals surface area contributed by atoms with E-state index in [0.717, 1.165) is 6.08 Å². The van der Waals surface area contributed by atoms with Gasteiger partial charge in [0.15, 0.2) is 5.78 Å². The van der Waals surface area contributed by atoms with E-state index in [4.69, 9.17) is 0 Å². The van der Waals surface area contributed by atoms with E-state index in [-0.39, 0.29) is 11.1 Å². The summed E-state index contributed by atoms with van der Waals surface area (Å²) in [6.45, 7) is 0. The molecule has 0 unspecified atom stereocenters. The molecule has 0 bridgehead atoms. The van der Waals surface area contributed by atoms with Gasteiger partial charge in [0, 0.05) is 38.4 Å². The van der Waals surface area contributed by atoms with E-state index in [2.05, 4.69) is 9.47 Å². The van der Waals surface area contributed by atoms with Crippen molar-refractivity contribution < 1.29 is 23.9 Å². The molecule has 1 rings (SSSR count). The zero-order chi connectivity index (χ0) is 16.7. The number of rotatable bonds is 6. The van der Waals surface area contributed by atoms with Crippen molar-refractivity contribution in [3.8, 4) is 0 Å². The Hall–Kier alpha value is -2.63. The molecule has 6 heteroatoms. The molecule has 1 aliphatic rings. The molecule has 0 saturated heterocycles. The molecule has 0 aromatic heterocycles. The Morgan fingerprint density at radius 3 is 2.09 bits per heavy atom. The fourth-order valence-corrected chi connectivity index (χ4v) is 1.71. The van der Waals surface area contributed by atoms with Gasteiger partial charge in [0.1, 0.15) is 0 Å². The number of hydrogen-bond donors (Lipinski definition) is 0. The van der Waals surface area contributed by atoms with Crippen LogP contribution < -0.4 is 0 Å². The highest BCUT2D eigenvalue weighted by molar-refractivity contribution is 6.15. The van der Waals surface area contributed by atoms with Crippen LogP contribution in [0.4, 0.5) is 0 Å². The molecule has 0 aromatic rings. The maximum Gasteiger partial charge on any atom is 0.340 e. The molecule has 0 fully saturated rings. The minimum Gasteiger partial charge on any atom is -0.465 e. The van der Waals surface area contributed by atoms with Crippen LogP contribution in [-0.4, -0.2) is 50.9 Å². The number of ether oxygens (including phenoxy) is 2. The summed E-state index contributed by atoms with van der Waals surface area (Å²) < 4.78 is 9.33. The average Bonchev–Trinajstić information content (AvgIpc) is 3.03. The third-order valence-corrected chi connectivity index (χ3v) is 2.71. The first-order chi connectivity index (χ1) is 10.4. The molecule has 117 valence electrons. The first-order valence-electron chi connectivity index (χ1n) is 6.43. The van der Waals surface area contributed by atoms with Crippen molar-refractivity contribution in [1.82, 2.24) is 4.90 Å². The van der Waals surface area contributed by atoms with Crippen LogP contribution in [0, 0.1) is 6.42 Å². The van der Waals surface area contributed by atoms with Crippen LogP contribution in [0.3, 0.4) is 0 Å². The van der Waals surface area contributed by atoms with Gasteiger partial charge in [-0.15, -0.1) is 0 Å². The van der Waals surface area contributed by atoms with E-state index in [1.807, 2.05) is 0 Å². The summed E-state index contributed by atoms with van der Waals surface area (Å²) in [4.78, 5) is 37.6. The fourth-order valence-electron chi connectivity index (χ4n) is 1.71. The molecular formula is C16H18NO5. The molecule has 0 aromatic carbocycles. The van der Waals surface area contributed by atoms with Gasteiger partial charge in [0.25, 0.3) is 0 Å². The normalized spacial score (nSPS) is 14.5. The highest BCUT2D eigenvalue weighted by Crippen LogP contribution is 2.17. The van der Waals surface area contributed by atoms with Crippen molar-refractivity contribution in [2.75, 3.05) is 28.3 Å². The first-order valence-corrected chi connectivity index (χ1v) is 6.43. The Morgan fingerprint density at radius 2 is 1.64 bits per heavy atom. The molecule has 1 aliphatic carbocycles. The molecule has 6 nitrogen and oxygen atoms in total. The SMILES string of the molecule is COC(=O)C(=C/C(=O)C1=C[CH]C=C1)/C(=C\N(C)C)C(=O)OC. The average molecular weight is 304 g/mol. The maximum atomic E-state index is 12.2. The lowest BCUT2D eigenvalue weighted by Gasteiger charge is -2.12. The number of allylic oxidation sites excluding steroid dienone is 5. The van der Waals surface area contributed by atoms with Gasteiger partial charge < -0.3 is 14.4 Å². The summed E-state index contributed by atoms with van der Waals surface area (Å²) >= 11 is 0. The topological polar surface area (TPSA) is 72.9 Å². The molecule has 22 heavy (non-hydrogen) atoms. The molecule has 0 atom stereocenters. The summed E-state index contributed by atoms with van der Waals surface area (Å²) in [5, 5.41) is 0. The highest BCUT2D eigenvalue weighted by atomic mass is 16.5. The lowest BCUT2D eigenvalue weighted by atomic mass is 10.0. The summed E-state index contributed by atoms with van der Waals surface area (Å²) in [6, 6.07) is 0. The van der Waals surface area contributed by atoms with Gasteiger partial charge in [-0.25, -0.2) is 9.59 Å². The number of methoxy groups -OCH3 is 2. The summed E-state index contributed by atoms with van der Waals surface area (Å²) in [7, 11) is 5.72. The number of carbonyl (C=O) groups is 3. The number of carbonyl (C=O) groups excluding carboxylic acids is 3. The van der Waals surface area contributed by atoms with Crippen LogP contribution in [0.2, 0.25) is 0 Å². The predicted molar refractivity (Wildman–Crippen MR) is 80.4 cm³/mol. The molecule has 0 amide bonds. The highest BCUT2D eigenvalue weighted by Gasteiger charge is 2.24. The number of hydrogen-bond acceptors (Lipinski definition) is 6. The van der Waals surface area contributed by atoms with Crippen LogP contribution in [0.15, 0.2) is 47.2 Å². The molecule has 0 heterocycles. The minimum absolute atomic E-state index is 0.0562. The van der Waals surface area contributed by atoms with Gasteiger partial charge in [0.05, 0.1) is 25.4 Å². The van der Waals surface area contributed by atoms with E-state index in [1.165, 1.54) is 20.4 Å². The number of nitrogens with zero attached hydrogens (tertiary/aromatic N) is 1. The third kappa shape index (κ3) is 4.44. The molecule has 0 saturated carbocycles. The van der Waals surface area contributed by atoms with Crippen LogP contribution in [-0.2, 0) is 23.9 Å². The zero-order valence-corrected chi connectivity index (χ0v) is 13.0. The van der Waals surface area contributed by atoms with Crippen molar-refractivity contribution in [2.24, 2.45) is 0 Å². The van der Waals surface area contributed by atoms with Gasteiger partial charge >= 0.3 is 11.9 Å². The van der Waals surface area contributed by atoms with Gasteiger partial charge in [-0.2, -0.15) is 0 Å². The molecular weight excluding hydrogens is 286 g/mol. The molecule has 0 spiro atoms. The van der Waals surface area contributed by atoms with Crippen LogP contribution in [0.1, 0.15) is 0 Å². The van der Waals surface area contributed by atoms with E-state index in [9.17, 15) is 14.4 Å². The lowest BCUT2D eigenvalue weighted by molar-refractivity contribution is -0.139. The number of esters is 2. The Bertz CT molecular complexity index is 594. The third-order valence-electron chi connectivity index (χ3n) is 2.71. The van der Waals surface area contributed by atoms with Crippen molar-refractivity contribution in [3.63, 3.8) is 0 Å². The van der Waals surface area contributed by atoms with E-state index < -0.39 is 17.7 Å². The largest absolute Gasteiger partial charge is 0.465 e. The van der Waals surface area contributed by atoms with Gasteiger partial charge in [-0.3, -0.25) is 4.79 Å². The fraction of sp³-hybridized carbons (Fsp3) is 0.250. The summed E-state index contributed by atoms with van der Waals surface area (Å²) in [5.74, 6) is -1.93. The Morgan fingerprint density at radius 1 is 1.05 bits per heavy atom. The quantitative estimate of drug-likeness (QED) is 0.414. The molecule has 0 N–H and O–H groups in total. The maximum absolute atomic E-state index is 12.2. The van der Waals surface area contributed by atoms with Crippen LogP contribution >= 0.6 is 0 Å². The Kier molecular flexibility index (Phi) is 6.31. The van der Waals surface area contributed by atoms with Gasteiger partial charge in [-0.05, 0) is 0 Å². The van der Waals surface area contributed by atoms with E-state index in [1.54, 1.807) is 43.6 Å². The number of ketones is 1. The van der Waals surface area contributed by atoms with Crippen molar-refractivity contribution in [1.29, 1.82) is 0 Å². The van der Waals surface area contributed by atoms with E-state index in [0.29, 0.717) is 5.57 Å². The monoisotopic (exact) mass is 304 g/mol. The molecule has 0 aliphatic heterocycles. The smallest absolute Gasteiger partial charge is 0.340 e. The Balaban J connectivity index is 3.31. The van der Waals surface area contributed by atoms with E-state index >= 15 is 0 Å². The Labute approximate surface area is 129 Å². The standard InChI is InChI=1S/C16H18NO5/c1-17(2)10-13(16(20)22-4)12(15(19)21-3)9-14(18)11-7-5-6-8-11/h5-10H,1-4H3/b12-9+,13-10+. The van der Waals surface area contributed by atoms with Gasteiger partial charge in [0.2, 0.25) is 0 Å². The second kappa shape index (κ2) is 7.97. The zero-order valence-electron chi connectivity index (χ0n) is 13.0. The van der Waals surface area contributed by atoms with Gasteiger partial charge in [-0.1, -0.05) is 18.2 Å². The second-order valence-electron chi connectivity index (χ2n) is 4.59. The van der Waals surface area contributed by atoms with Crippen molar-refractivity contribution in [3.05, 3.63) is 53.6 Å². The minimum atomic E-state index is -0.793.